The third-order valence-corrected chi connectivity index (χ3v) is 5.10. The third kappa shape index (κ3) is 3.59. The van der Waals surface area contributed by atoms with Crippen LogP contribution in [0.4, 0.5) is 0 Å². The maximum atomic E-state index is 12.8. The van der Waals surface area contributed by atoms with E-state index < -0.39 is 11.3 Å². The summed E-state index contributed by atoms with van der Waals surface area (Å²) in [4.78, 5) is 12.8. The number of hydrogen-bond acceptors (Lipinski definition) is 4. The van der Waals surface area contributed by atoms with Crippen LogP contribution in [0, 0.1) is 29.1 Å². The van der Waals surface area contributed by atoms with Crippen LogP contribution in [0.2, 0.25) is 0 Å². The summed E-state index contributed by atoms with van der Waals surface area (Å²) in [5.74, 6) is 6.11. The van der Waals surface area contributed by atoms with Gasteiger partial charge in [-0.1, -0.05) is 37.1 Å². The number of ether oxygens (including phenoxy) is 2. The second kappa shape index (κ2) is 8.63. The van der Waals surface area contributed by atoms with E-state index in [2.05, 4.69) is 17.9 Å². The highest BCUT2D eigenvalue weighted by atomic mass is 16.5. The van der Waals surface area contributed by atoms with Crippen LogP contribution in [0.5, 0.6) is 5.75 Å². The van der Waals surface area contributed by atoms with Gasteiger partial charge in [-0.3, -0.25) is 4.79 Å². The van der Waals surface area contributed by atoms with Gasteiger partial charge in [0.1, 0.15) is 11.7 Å². The fourth-order valence-electron chi connectivity index (χ4n) is 3.77. The molecule has 2 aromatic carbocycles. The van der Waals surface area contributed by atoms with Gasteiger partial charge in [-0.15, -0.1) is 5.92 Å². The summed E-state index contributed by atoms with van der Waals surface area (Å²) in [6, 6.07) is 17.4. The minimum Gasteiger partial charge on any atom is -0.494 e. The van der Waals surface area contributed by atoms with Gasteiger partial charge in [0.15, 0.2) is 0 Å². The molecule has 1 aliphatic rings. The second-order valence-corrected chi connectivity index (χ2v) is 6.64. The second-order valence-electron chi connectivity index (χ2n) is 6.64. The molecule has 0 bridgehead atoms. The van der Waals surface area contributed by atoms with Gasteiger partial charge in [0.2, 0.25) is 0 Å². The first kappa shape index (κ1) is 19.5. The van der Waals surface area contributed by atoms with Crippen molar-refractivity contribution in [1.82, 2.24) is 0 Å². The van der Waals surface area contributed by atoms with E-state index in [1.807, 2.05) is 50.2 Å². The lowest BCUT2D eigenvalue weighted by Gasteiger charge is -2.41. The molecule has 4 nitrogen and oxygen atoms in total. The summed E-state index contributed by atoms with van der Waals surface area (Å²) in [5, 5.41) is 9.15. The van der Waals surface area contributed by atoms with Crippen LogP contribution in [0.25, 0.3) is 0 Å². The van der Waals surface area contributed by atoms with Gasteiger partial charge >= 0.3 is 5.97 Å². The van der Waals surface area contributed by atoms with Crippen LogP contribution < -0.4 is 4.74 Å². The fraction of sp³-hybridized carbons (Fsp3) is 0.333. The third-order valence-electron chi connectivity index (χ3n) is 5.10. The Morgan fingerprint density at radius 2 is 1.75 bits per heavy atom. The molecule has 4 heteroatoms. The Hall–Kier alpha value is -3.24. The topological polar surface area (TPSA) is 59.3 Å². The standard InChI is InChI=1S/C24H23NO3/c1-3-5-6-22-23(26)28-16-15-24(22,19-9-7-18(17-25)8-10-19)20-11-13-21(14-12-20)27-4-2/h7-14,22H,3-4,15-16H2,1-2H3. The molecule has 0 N–H and O–H groups in total. The Balaban J connectivity index is 2.19. The summed E-state index contributed by atoms with van der Waals surface area (Å²) in [6.45, 7) is 4.83. The molecule has 2 aromatic rings. The molecule has 0 saturated carbocycles. The minimum absolute atomic E-state index is 0.301. The molecule has 0 aromatic heterocycles. The Labute approximate surface area is 166 Å². The normalized spacial score (nSPS) is 21.0. The van der Waals surface area contributed by atoms with E-state index in [0.717, 1.165) is 16.9 Å². The molecule has 1 aliphatic heterocycles. The van der Waals surface area contributed by atoms with Gasteiger partial charge in [0.05, 0.1) is 24.8 Å². The average molecular weight is 373 g/mol. The van der Waals surface area contributed by atoms with E-state index in [1.54, 1.807) is 12.1 Å². The molecule has 142 valence electrons. The van der Waals surface area contributed by atoms with E-state index in [-0.39, 0.29) is 5.97 Å². The number of esters is 1. The molecule has 1 fully saturated rings. The Morgan fingerprint density at radius 3 is 2.32 bits per heavy atom. The van der Waals surface area contributed by atoms with Crippen LogP contribution in [0.15, 0.2) is 48.5 Å². The molecular weight excluding hydrogens is 350 g/mol. The number of benzene rings is 2. The summed E-state index contributed by atoms with van der Waals surface area (Å²) in [5.41, 5.74) is 1.91. The molecule has 0 spiro atoms. The van der Waals surface area contributed by atoms with Crippen molar-refractivity contribution < 1.29 is 14.3 Å². The molecule has 2 unspecified atom stereocenters. The van der Waals surface area contributed by atoms with Crippen LogP contribution in [-0.2, 0) is 14.9 Å². The van der Waals surface area contributed by atoms with Crippen molar-refractivity contribution in [3.05, 3.63) is 65.2 Å². The molecular formula is C24H23NO3. The maximum absolute atomic E-state index is 12.8. The van der Waals surface area contributed by atoms with Gasteiger partial charge in [-0.25, -0.2) is 0 Å². The van der Waals surface area contributed by atoms with Crippen LogP contribution in [-0.4, -0.2) is 19.2 Å². The molecule has 3 rings (SSSR count). The Kier molecular flexibility index (Phi) is 6.02. The zero-order valence-corrected chi connectivity index (χ0v) is 16.2. The van der Waals surface area contributed by atoms with Gasteiger partial charge in [-0.05, 0) is 48.7 Å². The fourth-order valence-corrected chi connectivity index (χ4v) is 3.77. The van der Waals surface area contributed by atoms with Crippen LogP contribution >= 0.6 is 0 Å². The molecule has 1 saturated heterocycles. The first-order chi connectivity index (χ1) is 13.7. The lowest BCUT2D eigenvalue weighted by atomic mass is 9.63. The number of nitriles is 1. The zero-order valence-electron chi connectivity index (χ0n) is 16.2. The number of hydrogen-bond donors (Lipinski definition) is 0. The largest absolute Gasteiger partial charge is 0.494 e. The van der Waals surface area contributed by atoms with E-state index in [9.17, 15) is 4.79 Å². The molecule has 2 atom stereocenters. The van der Waals surface area contributed by atoms with Crippen molar-refractivity contribution in [3.63, 3.8) is 0 Å². The summed E-state index contributed by atoms with van der Waals surface area (Å²) >= 11 is 0. The smallest absolute Gasteiger partial charge is 0.322 e. The lowest BCUT2D eigenvalue weighted by molar-refractivity contribution is -0.153. The van der Waals surface area contributed by atoms with Crippen molar-refractivity contribution in [2.75, 3.05) is 13.2 Å². The molecule has 0 amide bonds. The number of rotatable bonds is 4. The predicted molar refractivity (Wildman–Crippen MR) is 107 cm³/mol. The highest BCUT2D eigenvalue weighted by Crippen LogP contribution is 2.45. The quantitative estimate of drug-likeness (QED) is 0.595. The molecule has 28 heavy (non-hydrogen) atoms. The monoisotopic (exact) mass is 373 g/mol. The Bertz CT molecular complexity index is 929. The molecule has 0 radical (unpaired) electrons. The molecule has 0 aliphatic carbocycles. The van der Waals surface area contributed by atoms with Gasteiger partial charge in [-0.2, -0.15) is 5.26 Å². The van der Waals surface area contributed by atoms with Crippen molar-refractivity contribution >= 4 is 5.97 Å². The van der Waals surface area contributed by atoms with Gasteiger partial charge in [0, 0.05) is 11.8 Å². The summed E-state index contributed by atoms with van der Waals surface area (Å²) in [7, 11) is 0. The van der Waals surface area contributed by atoms with E-state index in [0.29, 0.717) is 31.6 Å². The highest BCUT2D eigenvalue weighted by Gasteiger charge is 2.48. The van der Waals surface area contributed by atoms with E-state index in [4.69, 9.17) is 14.7 Å². The van der Waals surface area contributed by atoms with E-state index >= 15 is 0 Å². The lowest BCUT2D eigenvalue weighted by Crippen LogP contribution is -2.46. The van der Waals surface area contributed by atoms with E-state index in [1.165, 1.54) is 0 Å². The van der Waals surface area contributed by atoms with Crippen molar-refractivity contribution in [2.45, 2.75) is 32.1 Å². The average Bonchev–Trinajstić information content (AvgIpc) is 2.73. The summed E-state index contributed by atoms with van der Waals surface area (Å²) < 4.78 is 10.9. The summed E-state index contributed by atoms with van der Waals surface area (Å²) in [6.07, 6.45) is 1.29. The number of carbonyl (C=O) groups is 1. The molecule has 1 heterocycles. The van der Waals surface area contributed by atoms with Crippen molar-refractivity contribution in [1.29, 1.82) is 5.26 Å². The number of nitrogens with zero attached hydrogens (tertiary/aromatic N) is 1. The highest BCUT2D eigenvalue weighted by molar-refractivity contribution is 5.80. The van der Waals surface area contributed by atoms with Crippen LogP contribution in [0.3, 0.4) is 0 Å². The first-order valence-corrected chi connectivity index (χ1v) is 9.54. The van der Waals surface area contributed by atoms with Gasteiger partial charge in [0.25, 0.3) is 0 Å². The van der Waals surface area contributed by atoms with Gasteiger partial charge < -0.3 is 9.47 Å². The van der Waals surface area contributed by atoms with Crippen molar-refractivity contribution in [2.24, 2.45) is 5.92 Å². The number of cyclic esters (lactones) is 1. The number of carbonyl (C=O) groups excluding carboxylic acids is 1. The minimum atomic E-state index is -0.629. The SMILES string of the molecule is CCC#CC1C(=O)OCCC1(c1ccc(C#N)cc1)c1ccc(OCC)cc1. The van der Waals surface area contributed by atoms with Crippen molar-refractivity contribution in [3.8, 4) is 23.7 Å². The van der Waals surface area contributed by atoms with Crippen LogP contribution in [0.1, 0.15) is 43.4 Å². The zero-order chi connectivity index (χ0) is 20.0. The first-order valence-electron chi connectivity index (χ1n) is 9.54. The Morgan fingerprint density at radius 1 is 1.11 bits per heavy atom. The maximum Gasteiger partial charge on any atom is 0.322 e. The predicted octanol–water partition coefficient (Wildman–Crippen LogP) is 4.22.